The van der Waals surface area contributed by atoms with Crippen LogP contribution in [-0.4, -0.2) is 13.1 Å². The summed E-state index contributed by atoms with van der Waals surface area (Å²) in [6, 6.07) is 8.07. The van der Waals surface area contributed by atoms with Crippen LogP contribution < -0.4 is 0 Å². The van der Waals surface area contributed by atoms with Crippen molar-refractivity contribution in [2.24, 2.45) is 0 Å². The van der Waals surface area contributed by atoms with E-state index in [0.29, 0.717) is 5.56 Å². The van der Waals surface area contributed by atoms with E-state index < -0.39 is 0 Å². The molecule has 1 aromatic carbocycles. The number of methoxy groups -OCH3 is 1. The van der Waals surface area contributed by atoms with Gasteiger partial charge in [0.1, 0.15) is 0 Å². The normalized spacial score (nSPS) is 8.38. The second kappa shape index (κ2) is 7.45. The summed E-state index contributed by atoms with van der Waals surface area (Å²) in [6.45, 7) is 1.88. The minimum atomic E-state index is -0.304. The first-order valence-corrected chi connectivity index (χ1v) is 12.6. The Morgan fingerprint density at radius 1 is 1.62 bits per heavy atom. The van der Waals surface area contributed by atoms with Crippen LogP contribution in [0.1, 0.15) is 15.9 Å². The Morgan fingerprint density at radius 3 is 2.69 bits per heavy atom. The third-order valence-electron chi connectivity index (χ3n) is 1.37. The number of aryl methyl sites for hydroxylation is 1. The van der Waals surface area contributed by atoms with E-state index in [4.69, 9.17) is 0 Å². The van der Waals surface area contributed by atoms with Gasteiger partial charge in [-0.15, -0.1) is 0 Å². The summed E-state index contributed by atoms with van der Waals surface area (Å²) in [4.78, 5) is 10.9. The molecular weight excluding hydrogens is 332 g/mol. The van der Waals surface area contributed by atoms with Gasteiger partial charge in [-0.1, -0.05) is 6.92 Å². The molecule has 0 bridgehead atoms. The van der Waals surface area contributed by atoms with Crippen molar-refractivity contribution in [1.29, 1.82) is 0 Å². The van der Waals surface area contributed by atoms with E-state index in [0.717, 1.165) is 5.56 Å². The molecule has 66 valence electrons. The zero-order valence-electron chi connectivity index (χ0n) is 7.63. The van der Waals surface area contributed by atoms with Gasteiger partial charge in [-0.05, 0) is 5.56 Å². The van der Waals surface area contributed by atoms with E-state index in [-0.39, 0.29) is 5.97 Å². The molecule has 0 aliphatic rings. The van der Waals surface area contributed by atoms with Crippen LogP contribution in [0.15, 0.2) is 18.2 Å². The van der Waals surface area contributed by atoms with E-state index in [9.17, 15) is 4.79 Å². The van der Waals surface area contributed by atoms with Crippen molar-refractivity contribution in [1.82, 2.24) is 0 Å². The van der Waals surface area contributed by atoms with E-state index in [1.165, 1.54) is 21.9 Å². The number of hydrogen-bond donors (Lipinski definition) is 0. The van der Waals surface area contributed by atoms with Crippen molar-refractivity contribution in [3.05, 3.63) is 35.4 Å². The molecule has 0 radical (unpaired) electrons. The van der Waals surface area contributed by atoms with Gasteiger partial charge in [0.15, 0.2) is 0 Å². The first kappa shape index (κ1) is 13.0. The maximum absolute atomic E-state index is 10.9. The van der Waals surface area contributed by atoms with Crippen molar-refractivity contribution >= 4 is 25.7 Å². The molecule has 0 aliphatic heterocycles. The standard InChI is InChI=1S/C9H9O2.HI.Zn/c1-7-4-3-5-8(6-7)9(10)11-2;;/h3,5-6H,1-2H3;1H;/q-1;;+2/p-1. The van der Waals surface area contributed by atoms with Gasteiger partial charge in [0.05, 0.1) is 7.11 Å². The van der Waals surface area contributed by atoms with Crippen LogP contribution in [0.2, 0.25) is 0 Å². The van der Waals surface area contributed by atoms with E-state index >= 15 is 0 Å². The van der Waals surface area contributed by atoms with Crippen LogP contribution in [0.3, 0.4) is 0 Å². The molecule has 0 spiro atoms. The molecule has 1 aromatic rings. The molecule has 0 fully saturated rings. The van der Waals surface area contributed by atoms with Crippen LogP contribution >= 0.6 is 19.8 Å². The first-order valence-electron chi connectivity index (χ1n) is 3.57. The van der Waals surface area contributed by atoms with Crippen LogP contribution in [0.4, 0.5) is 0 Å². The average molecular weight is 341 g/mol. The number of esters is 1. The number of benzene rings is 1. The van der Waals surface area contributed by atoms with E-state index in [1.807, 2.05) is 6.92 Å². The SMILES string of the molecule is COC(=O)c1cc[c-]c(C)c1.[Zn+][I]. The third kappa shape index (κ3) is 4.72. The Kier molecular flexibility index (Phi) is 7.47. The molecule has 0 heterocycles. The summed E-state index contributed by atoms with van der Waals surface area (Å²) in [5, 5.41) is 0. The summed E-state index contributed by atoms with van der Waals surface area (Å²) in [7, 11) is 1.37. The molecule has 0 saturated heterocycles. The molecule has 0 amide bonds. The fraction of sp³-hybridized carbons (Fsp3) is 0.222. The summed E-state index contributed by atoms with van der Waals surface area (Å²) >= 11 is 3.62. The Balaban J connectivity index is 0.000000671. The zero-order chi connectivity index (χ0) is 10.3. The molecule has 13 heavy (non-hydrogen) atoms. The second-order valence-electron chi connectivity index (χ2n) is 2.25. The van der Waals surface area contributed by atoms with Gasteiger partial charge >= 0.3 is 40.5 Å². The molecule has 0 atom stereocenters. The molecule has 0 saturated carbocycles. The predicted octanol–water partition coefficient (Wildman–Crippen LogP) is 2.47. The fourth-order valence-electron chi connectivity index (χ4n) is 0.831. The van der Waals surface area contributed by atoms with Gasteiger partial charge in [-0.25, -0.2) is 4.79 Å². The summed E-state index contributed by atoms with van der Waals surface area (Å²) in [5.74, 6) is -0.304. The van der Waals surface area contributed by atoms with Gasteiger partial charge in [0.25, 0.3) is 0 Å². The molecule has 0 unspecified atom stereocenters. The molecular formula is C9H9IO2Zn. The van der Waals surface area contributed by atoms with E-state index in [2.05, 4.69) is 30.6 Å². The minimum absolute atomic E-state index is 0.304. The number of ether oxygens (including phenoxy) is 1. The van der Waals surface area contributed by atoms with Crippen molar-refractivity contribution < 1.29 is 24.3 Å². The van der Waals surface area contributed by atoms with Gasteiger partial charge in [0, 0.05) is 0 Å². The van der Waals surface area contributed by atoms with Crippen LogP contribution in [0, 0.1) is 13.0 Å². The Labute approximate surface area is 98.9 Å². The molecule has 0 aromatic heterocycles. The van der Waals surface area contributed by atoms with Gasteiger partial charge in [-0.2, -0.15) is 29.8 Å². The van der Waals surface area contributed by atoms with Crippen molar-refractivity contribution in [3.63, 3.8) is 0 Å². The monoisotopic (exact) mass is 340 g/mol. The van der Waals surface area contributed by atoms with Crippen LogP contribution in [0.25, 0.3) is 0 Å². The average Bonchev–Trinajstić information content (AvgIpc) is 2.20. The Bertz CT molecular complexity index is 276. The number of carbonyl (C=O) groups is 1. The van der Waals surface area contributed by atoms with Gasteiger partial charge < -0.3 is 4.74 Å². The fourth-order valence-corrected chi connectivity index (χ4v) is 0.831. The van der Waals surface area contributed by atoms with Crippen molar-refractivity contribution in [2.45, 2.75) is 6.92 Å². The zero-order valence-corrected chi connectivity index (χ0v) is 12.8. The summed E-state index contributed by atoms with van der Waals surface area (Å²) in [5.41, 5.74) is 1.51. The number of hydrogen-bond acceptors (Lipinski definition) is 2. The van der Waals surface area contributed by atoms with Gasteiger partial charge in [0.2, 0.25) is 0 Å². The molecule has 4 heteroatoms. The Hall–Kier alpha value is 0.0434. The van der Waals surface area contributed by atoms with E-state index in [1.54, 1.807) is 18.2 Å². The first-order chi connectivity index (χ1) is 6.24. The van der Waals surface area contributed by atoms with Crippen molar-refractivity contribution in [3.8, 4) is 0 Å². The molecule has 0 aliphatic carbocycles. The number of halogens is 1. The number of carbonyl (C=O) groups excluding carboxylic acids is 1. The van der Waals surface area contributed by atoms with Crippen LogP contribution in [0.5, 0.6) is 0 Å². The summed E-state index contributed by atoms with van der Waals surface area (Å²) in [6.07, 6.45) is 0. The second-order valence-corrected chi connectivity index (χ2v) is 2.25. The Morgan fingerprint density at radius 2 is 2.23 bits per heavy atom. The molecule has 2 nitrogen and oxygen atoms in total. The topological polar surface area (TPSA) is 26.3 Å². The molecule has 1 rings (SSSR count). The number of rotatable bonds is 1. The van der Waals surface area contributed by atoms with Gasteiger partial charge in [-0.3, -0.25) is 0 Å². The van der Waals surface area contributed by atoms with Crippen LogP contribution in [-0.2, 0) is 19.5 Å². The van der Waals surface area contributed by atoms with Crippen molar-refractivity contribution in [2.75, 3.05) is 7.11 Å². The maximum atomic E-state index is 10.9. The molecule has 0 N–H and O–H groups in total. The quantitative estimate of drug-likeness (QED) is 0.339. The predicted molar refractivity (Wildman–Crippen MR) is 55.4 cm³/mol. The summed E-state index contributed by atoms with van der Waals surface area (Å²) < 4.78 is 4.54. The third-order valence-corrected chi connectivity index (χ3v) is 1.37.